The molecule has 1 nitrogen and oxygen atoms in total. The normalized spacial score (nSPS) is 9.24. The highest BCUT2D eigenvalue weighted by Crippen LogP contribution is 2.07. The van der Waals surface area contributed by atoms with Crippen LogP contribution in [0.3, 0.4) is 0 Å². The predicted octanol–water partition coefficient (Wildman–Crippen LogP) is 3.37. The molecule has 0 saturated carbocycles. The van der Waals surface area contributed by atoms with Crippen LogP contribution in [0.4, 0.5) is 5.69 Å². The van der Waals surface area contributed by atoms with E-state index in [1.807, 2.05) is 24.3 Å². The predicted molar refractivity (Wildman–Crippen MR) is 74.2 cm³/mol. The third kappa shape index (κ3) is 5.50. The van der Waals surface area contributed by atoms with Gasteiger partial charge in [-0.3, -0.25) is 0 Å². The smallest absolute Gasteiger partial charge is 0.0478 e. The van der Waals surface area contributed by atoms with E-state index in [9.17, 15) is 0 Å². The highest BCUT2D eigenvalue weighted by atomic mass is 14.5. The summed E-state index contributed by atoms with van der Waals surface area (Å²) in [5.74, 6) is 11.9. The monoisotopic (exact) mass is 223 g/mol. The van der Waals surface area contributed by atoms with Crippen molar-refractivity contribution in [3.05, 3.63) is 42.0 Å². The van der Waals surface area contributed by atoms with E-state index >= 15 is 0 Å². The molecule has 0 atom stereocenters. The van der Waals surface area contributed by atoms with Gasteiger partial charge in [0.2, 0.25) is 0 Å². The second-order valence-electron chi connectivity index (χ2n) is 3.61. The zero-order chi connectivity index (χ0) is 12.3. The van der Waals surface area contributed by atoms with Gasteiger partial charge in [0, 0.05) is 17.7 Å². The van der Waals surface area contributed by atoms with Gasteiger partial charge in [0.1, 0.15) is 0 Å². The number of unbranched alkanes of at least 4 members (excludes halogenated alkanes) is 2. The lowest BCUT2D eigenvalue weighted by molar-refractivity contribution is 0.828. The molecule has 1 rings (SSSR count). The van der Waals surface area contributed by atoms with Crippen LogP contribution < -0.4 is 5.73 Å². The van der Waals surface area contributed by atoms with E-state index in [2.05, 4.69) is 30.6 Å². The molecule has 1 heteroatoms. The second-order valence-corrected chi connectivity index (χ2v) is 3.61. The molecule has 0 amide bonds. The van der Waals surface area contributed by atoms with Gasteiger partial charge in [-0.1, -0.05) is 49.2 Å². The Morgan fingerprint density at radius 1 is 1.18 bits per heavy atom. The summed E-state index contributed by atoms with van der Waals surface area (Å²) in [6, 6.07) is 7.57. The Bertz CT molecular complexity index is 489. The number of nitrogens with two attached hydrogens (primary N) is 1. The fraction of sp³-hybridized carbons (Fsp3) is 0.250. The third-order valence-electron chi connectivity index (χ3n) is 2.18. The second kappa shape index (κ2) is 8.08. The largest absolute Gasteiger partial charge is 0.398 e. The molecule has 1 aromatic rings. The Balaban J connectivity index is 2.48. The number of hydrogen-bond acceptors (Lipinski definition) is 1. The maximum absolute atomic E-state index is 5.76. The van der Waals surface area contributed by atoms with Crippen LogP contribution in [0.25, 0.3) is 0 Å². The van der Waals surface area contributed by atoms with Crippen LogP contribution in [0.1, 0.15) is 31.7 Å². The molecular weight excluding hydrogens is 206 g/mol. The molecule has 17 heavy (non-hydrogen) atoms. The molecule has 1 aromatic carbocycles. The van der Waals surface area contributed by atoms with Crippen molar-refractivity contribution in [1.82, 2.24) is 0 Å². The molecule has 2 N–H and O–H groups in total. The van der Waals surface area contributed by atoms with Gasteiger partial charge in [-0.15, -0.1) is 0 Å². The number of para-hydroxylation sites is 1. The molecule has 0 spiro atoms. The minimum Gasteiger partial charge on any atom is -0.398 e. The van der Waals surface area contributed by atoms with E-state index < -0.39 is 0 Å². The number of hydrogen-bond donors (Lipinski definition) is 1. The van der Waals surface area contributed by atoms with Crippen molar-refractivity contribution in [3.8, 4) is 23.7 Å². The van der Waals surface area contributed by atoms with E-state index in [4.69, 9.17) is 5.73 Å². The zero-order valence-corrected chi connectivity index (χ0v) is 10.2. The van der Waals surface area contributed by atoms with E-state index in [1.54, 1.807) is 12.2 Å². The van der Waals surface area contributed by atoms with Crippen LogP contribution >= 0.6 is 0 Å². The first kappa shape index (κ1) is 12.9. The Morgan fingerprint density at radius 3 is 2.71 bits per heavy atom. The Labute approximate surface area is 104 Å². The first-order valence-corrected chi connectivity index (χ1v) is 5.84. The molecule has 0 saturated heterocycles. The molecule has 0 fully saturated rings. The molecule has 0 bridgehead atoms. The van der Waals surface area contributed by atoms with Crippen LogP contribution in [0.2, 0.25) is 0 Å². The summed E-state index contributed by atoms with van der Waals surface area (Å²) < 4.78 is 0. The van der Waals surface area contributed by atoms with Gasteiger partial charge in [0.05, 0.1) is 0 Å². The van der Waals surface area contributed by atoms with Gasteiger partial charge in [-0.05, 0) is 30.7 Å². The van der Waals surface area contributed by atoms with Crippen LogP contribution in [-0.2, 0) is 0 Å². The highest BCUT2D eigenvalue weighted by Gasteiger charge is 1.89. The summed E-state index contributed by atoms with van der Waals surface area (Å²) in [7, 11) is 0. The van der Waals surface area contributed by atoms with Crippen molar-refractivity contribution in [2.45, 2.75) is 26.2 Å². The average molecular weight is 223 g/mol. The lowest BCUT2D eigenvalue weighted by Crippen LogP contribution is -1.87. The van der Waals surface area contributed by atoms with Gasteiger partial charge < -0.3 is 5.73 Å². The Hall–Kier alpha value is -2.12. The summed E-state index contributed by atoms with van der Waals surface area (Å²) in [4.78, 5) is 0. The van der Waals surface area contributed by atoms with E-state index in [1.165, 1.54) is 6.42 Å². The molecule has 0 aliphatic carbocycles. The van der Waals surface area contributed by atoms with Crippen molar-refractivity contribution in [1.29, 1.82) is 0 Å². The Kier molecular flexibility index (Phi) is 6.15. The maximum Gasteiger partial charge on any atom is 0.0478 e. The summed E-state index contributed by atoms with van der Waals surface area (Å²) in [6.07, 6.45) is 6.84. The molecule has 86 valence electrons. The third-order valence-corrected chi connectivity index (χ3v) is 2.18. The number of benzene rings is 1. The van der Waals surface area contributed by atoms with Crippen LogP contribution in [0, 0.1) is 23.7 Å². The topological polar surface area (TPSA) is 26.0 Å². The Morgan fingerprint density at radius 2 is 1.94 bits per heavy atom. The molecule has 0 aliphatic rings. The van der Waals surface area contributed by atoms with Gasteiger partial charge >= 0.3 is 0 Å². The summed E-state index contributed by atoms with van der Waals surface area (Å²) in [5, 5.41) is 0. The van der Waals surface area contributed by atoms with Crippen molar-refractivity contribution in [2.24, 2.45) is 0 Å². The minimum atomic E-state index is 0.711. The summed E-state index contributed by atoms with van der Waals surface area (Å²) >= 11 is 0. The van der Waals surface area contributed by atoms with Crippen LogP contribution in [0.5, 0.6) is 0 Å². The van der Waals surface area contributed by atoms with Gasteiger partial charge in [0.15, 0.2) is 0 Å². The van der Waals surface area contributed by atoms with Crippen LogP contribution in [0.15, 0.2) is 36.4 Å². The van der Waals surface area contributed by atoms with Crippen molar-refractivity contribution >= 4 is 5.69 Å². The summed E-state index contributed by atoms with van der Waals surface area (Å²) in [6.45, 7) is 2.16. The number of rotatable bonds is 2. The number of nitrogen functional groups attached to an aromatic ring is 1. The fourth-order valence-electron chi connectivity index (χ4n) is 1.21. The molecule has 0 heterocycles. The van der Waals surface area contributed by atoms with E-state index in [0.717, 1.165) is 18.4 Å². The SMILES string of the molecule is CCCCC#C/C=C\C#Cc1ccccc1N. The first-order valence-electron chi connectivity index (χ1n) is 5.84. The van der Waals surface area contributed by atoms with Gasteiger partial charge in [-0.2, -0.15) is 0 Å². The van der Waals surface area contributed by atoms with Crippen molar-refractivity contribution in [3.63, 3.8) is 0 Å². The van der Waals surface area contributed by atoms with Crippen LogP contribution in [-0.4, -0.2) is 0 Å². The molecule has 0 unspecified atom stereocenters. The van der Waals surface area contributed by atoms with E-state index in [0.29, 0.717) is 5.69 Å². The standard InChI is InChI=1S/C16H17N/c1-2-3-4-5-6-7-8-9-12-15-13-10-11-14-16(15)17/h7-8,10-11,13-14H,2-4,17H2,1H3/b8-7-. The summed E-state index contributed by atoms with van der Waals surface area (Å²) in [5.41, 5.74) is 7.33. The lowest BCUT2D eigenvalue weighted by atomic mass is 10.2. The van der Waals surface area contributed by atoms with Crippen molar-refractivity contribution in [2.75, 3.05) is 5.73 Å². The first-order chi connectivity index (χ1) is 8.34. The number of anilines is 1. The van der Waals surface area contributed by atoms with Gasteiger partial charge in [0.25, 0.3) is 0 Å². The van der Waals surface area contributed by atoms with Gasteiger partial charge in [-0.25, -0.2) is 0 Å². The lowest BCUT2D eigenvalue weighted by Gasteiger charge is -1.93. The van der Waals surface area contributed by atoms with E-state index in [-0.39, 0.29) is 0 Å². The molecule has 0 aliphatic heterocycles. The average Bonchev–Trinajstić information content (AvgIpc) is 2.35. The number of allylic oxidation sites excluding steroid dienone is 2. The maximum atomic E-state index is 5.76. The molecule has 0 aromatic heterocycles. The minimum absolute atomic E-state index is 0.711. The quantitative estimate of drug-likeness (QED) is 0.464. The zero-order valence-electron chi connectivity index (χ0n) is 10.2. The molecular formula is C16H17N. The highest BCUT2D eigenvalue weighted by molar-refractivity contribution is 5.56. The van der Waals surface area contributed by atoms with Crippen molar-refractivity contribution < 1.29 is 0 Å². The fourth-order valence-corrected chi connectivity index (χ4v) is 1.21. The molecule has 0 radical (unpaired) electrons.